The van der Waals surface area contributed by atoms with Gasteiger partial charge in [-0.25, -0.2) is 14.8 Å². The number of hydrogen-bond acceptors (Lipinski definition) is 5. The van der Waals surface area contributed by atoms with Gasteiger partial charge in [0.1, 0.15) is 11.5 Å². The normalized spacial score (nSPS) is 14.3. The number of aryl methyl sites for hydroxylation is 1. The summed E-state index contributed by atoms with van der Waals surface area (Å²) in [6.45, 7) is 0. The number of benzene rings is 2. The summed E-state index contributed by atoms with van der Waals surface area (Å²) in [6.07, 6.45) is 3.64. The summed E-state index contributed by atoms with van der Waals surface area (Å²) >= 11 is 0. The molecule has 2 aromatic heterocycles. The van der Waals surface area contributed by atoms with Crippen LogP contribution < -0.4 is 11.2 Å². The van der Waals surface area contributed by atoms with E-state index in [1.165, 1.54) is 11.6 Å². The van der Waals surface area contributed by atoms with Crippen molar-refractivity contribution in [2.75, 3.05) is 0 Å². The molecule has 7 heteroatoms. The molecule has 0 radical (unpaired) electrons. The molecule has 0 amide bonds. The smallest absolute Gasteiger partial charge is 0.332 e. The van der Waals surface area contributed by atoms with Crippen LogP contribution in [0.25, 0.3) is 34.8 Å². The van der Waals surface area contributed by atoms with Gasteiger partial charge in [-0.3, -0.25) is 13.9 Å². The molecule has 0 fully saturated rings. The molecule has 2 aromatic carbocycles. The van der Waals surface area contributed by atoms with Crippen LogP contribution in [-0.2, 0) is 18.8 Å². The van der Waals surface area contributed by atoms with Crippen molar-refractivity contribution in [3.05, 3.63) is 104 Å². The van der Waals surface area contributed by atoms with Crippen LogP contribution in [0, 0.1) is 0 Å². The summed E-state index contributed by atoms with van der Waals surface area (Å²) in [5.41, 5.74) is 2.19. The molecule has 0 unspecified atom stereocenters. The lowest BCUT2D eigenvalue weighted by Crippen LogP contribution is -2.38. The van der Waals surface area contributed by atoms with Crippen molar-refractivity contribution >= 4 is 34.8 Å². The summed E-state index contributed by atoms with van der Waals surface area (Å²) in [5.74, 6) is 1.09. The van der Waals surface area contributed by atoms with E-state index in [1.807, 2.05) is 66.7 Å². The SMILES string of the molecule is Cn1c(=O)c2nc3c(nc2n(C)c1=O)C=C(c1ccccc1)O/C3=C\c1ccccc1. The predicted octanol–water partition coefficient (Wildman–Crippen LogP) is 3.05. The molecule has 0 saturated carbocycles. The highest BCUT2D eigenvalue weighted by molar-refractivity contribution is 5.92. The Morgan fingerprint density at radius 3 is 2.26 bits per heavy atom. The Balaban J connectivity index is 1.82. The van der Waals surface area contributed by atoms with Crippen LogP contribution in [0.4, 0.5) is 0 Å². The van der Waals surface area contributed by atoms with E-state index in [1.54, 1.807) is 13.1 Å². The van der Waals surface area contributed by atoms with Gasteiger partial charge in [-0.1, -0.05) is 60.7 Å². The van der Waals surface area contributed by atoms with Crippen molar-refractivity contribution in [1.29, 1.82) is 0 Å². The van der Waals surface area contributed by atoms with E-state index in [4.69, 9.17) is 4.74 Å². The minimum Gasteiger partial charge on any atom is -0.454 e. The van der Waals surface area contributed by atoms with Crippen molar-refractivity contribution in [3.8, 4) is 0 Å². The zero-order valence-corrected chi connectivity index (χ0v) is 16.9. The minimum absolute atomic E-state index is 0.113. The Hall–Kier alpha value is -4.26. The maximum absolute atomic E-state index is 12.7. The summed E-state index contributed by atoms with van der Waals surface area (Å²) in [4.78, 5) is 34.3. The maximum atomic E-state index is 12.7. The quantitative estimate of drug-likeness (QED) is 0.508. The summed E-state index contributed by atoms with van der Waals surface area (Å²) < 4.78 is 8.57. The van der Waals surface area contributed by atoms with E-state index >= 15 is 0 Å². The van der Waals surface area contributed by atoms with Gasteiger partial charge in [0, 0.05) is 25.7 Å². The van der Waals surface area contributed by atoms with Crippen LogP contribution >= 0.6 is 0 Å². The lowest BCUT2D eigenvalue weighted by atomic mass is 10.1. The largest absolute Gasteiger partial charge is 0.454 e. The molecule has 0 spiro atoms. The van der Waals surface area contributed by atoms with E-state index in [0.717, 1.165) is 15.7 Å². The highest BCUT2D eigenvalue weighted by atomic mass is 16.5. The Morgan fingerprint density at radius 1 is 0.871 bits per heavy atom. The molecular formula is C24H18N4O3. The molecule has 3 heterocycles. The first-order valence-corrected chi connectivity index (χ1v) is 9.73. The molecule has 0 bridgehead atoms. The van der Waals surface area contributed by atoms with E-state index in [9.17, 15) is 9.59 Å². The first-order chi connectivity index (χ1) is 15.0. The Labute approximate surface area is 177 Å². The van der Waals surface area contributed by atoms with E-state index in [0.29, 0.717) is 22.9 Å². The van der Waals surface area contributed by atoms with E-state index < -0.39 is 11.2 Å². The molecule has 0 saturated heterocycles. The van der Waals surface area contributed by atoms with Crippen molar-refractivity contribution in [2.45, 2.75) is 0 Å². The second kappa shape index (κ2) is 7.21. The molecule has 0 aliphatic carbocycles. The second-order valence-corrected chi connectivity index (χ2v) is 7.23. The summed E-state index contributed by atoms with van der Waals surface area (Å²) in [7, 11) is 3.00. The third kappa shape index (κ3) is 3.16. The first-order valence-electron chi connectivity index (χ1n) is 9.73. The zero-order valence-electron chi connectivity index (χ0n) is 16.9. The van der Waals surface area contributed by atoms with Gasteiger partial charge in [-0.2, -0.15) is 0 Å². The number of ether oxygens (including phenoxy) is 1. The molecule has 7 nitrogen and oxygen atoms in total. The van der Waals surface area contributed by atoms with Gasteiger partial charge in [-0.05, 0) is 11.6 Å². The van der Waals surface area contributed by atoms with Gasteiger partial charge in [0.2, 0.25) is 0 Å². The Kier molecular flexibility index (Phi) is 4.36. The highest BCUT2D eigenvalue weighted by Crippen LogP contribution is 2.34. The molecule has 0 atom stereocenters. The summed E-state index contributed by atoms with van der Waals surface area (Å²) in [5, 5.41) is 0. The molecule has 4 aromatic rings. The average molecular weight is 410 g/mol. The molecule has 5 rings (SSSR count). The molecular weight excluding hydrogens is 392 g/mol. The predicted molar refractivity (Wildman–Crippen MR) is 120 cm³/mol. The molecule has 1 aliphatic rings. The van der Waals surface area contributed by atoms with Crippen molar-refractivity contribution in [1.82, 2.24) is 19.1 Å². The van der Waals surface area contributed by atoms with Crippen LogP contribution in [0.2, 0.25) is 0 Å². The summed E-state index contributed by atoms with van der Waals surface area (Å²) in [6, 6.07) is 19.4. The van der Waals surface area contributed by atoms with Crippen LogP contribution in [-0.4, -0.2) is 19.1 Å². The topological polar surface area (TPSA) is 79.0 Å². The fraction of sp³-hybridized carbons (Fsp3) is 0.0833. The third-order valence-electron chi connectivity index (χ3n) is 5.18. The maximum Gasteiger partial charge on any atom is 0.332 e. The fourth-order valence-electron chi connectivity index (χ4n) is 3.52. The lowest BCUT2D eigenvalue weighted by Gasteiger charge is -2.20. The van der Waals surface area contributed by atoms with Crippen LogP contribution in [0.3, 0.4) is 0 Å². The number of hydrogen-bond donors (Lipinski definition) is 0. The van der Waals surface area contributed by atoms with Crippen LogP contribution in [0.1, 0.15) is 22.5 Å². The molecule has 0 N–H and O–H groups in total. The number of aromatic nitrogens is 4. The van der Waals surface area contributed by atoms with E-state index in [2.05, 4.69) is 9.97 Å². The Morgan fingerprint density at radius 2 is 1.55 bits per heavy atom. The monoisotopic (exact) mass is 410 g/mol. The lowest BCUT2D eigenvalue weighted by molar-refractivity contribution is 0.470. The minimum atomic E-state index is -0.495. The first kappa shape index (κ1) is 18.7. The van der Waals surface area contributed by atoms with Gasteiger partial charge in [0.05, 0.1) is 5.69 Å². The molecule has 1 aliphatic heterocycles. The van der Waals surface area contributed by atoms with E-state index in [-0.39, 0.29) is 11.2 Å². The van der Waals surface area contributed by atoms with Gasteiger partial charge in [0.25, 0.3) is 5.56 Å². The average Bonchev–Trinajstić information content (AvgIpc) is 2.81. The molecule has 31 heavy (non-hydrogen) atoms. The van der Waals surface area contributed by atoms with Crippen molar-refractivity contribution in [3.63, 3.8) is 0 Å². The van der Waals surface area contributed by atoms with Gasteiger partial charge in [-0.15, -0.1) is 0 Å². The fourth-order valence-corrected chi connectivity index (χ4v) is 3.52. The van der Waals surface area contributed by atoms with Gasteiger partial charge < -0.3 is 4.74 Å². The number of nitrogens with zero attached hydrogens (tertiary/aromatic N) is 4. The standard InChI is InChI=1S/C24H18N4O3/c1-27-22-21(23(29)28(2)24(27)30)26-20-17(25-22)14-18(16-11-7-4-8-12-16)31-19(20)13-15-9-5-3-6-10-15/h3-14H,1-2H3/b19-13-. The molecule has 152 valence electrons. The zero-order chi connectivity index (χ0) is 21.5. The number of rotatable bonds is 2. The van der Waals surface area contributed by atoms with Gasteiger partial charge in [0.15, 0.2) is 16.9 Å². The highest BCUT2D eigenvalue weighted by Gasteiger charge is 2.24. The van der Waals surface area contributed by atoms with Crippen LogP contribution in [0.15, 0.2) is 70.3 Å². The Bertz CT molecular complexity index is 1500. The van der Waals surface area contributed by atoms with Crippen molar-refractivity contribution in [2.24, 2.45) is 14.1 Å². The van der Waals surface area contributed by atoms with Crippen molar-refractivity contribution < 1.29 is 4.74 Å². The number of fused-ring (bicyclic) bond motifs is 2. The second-order valence-electron chi connectivity index (χ2n) is 7.23. The van der Waals surface area contributed by atoms with Crippen LogP contribution in [0.5, 0.6) is 0 Å². The third-order valence-corrected chi connectivity index (χ3v) is 5.18. The van der Waals surface area contributed by atoms with Gasteiger partial charge >= 0.3 is 5.69 Å².